The zero-order chi connectivity index (χ0) is 27.3. The lowest BCUT2D eigenvalue weighted by molar-refractivity contribution is -0.132. The zero-order valence-electron chi connectivity index (χ0n) is 23.2. The molecule has 204 valence electrons. The summed E-state index contributed by atoms with van der Waals surface area (Å²) in [6.07, 6.45) is 0.218. The number of aliphatic hydroxyl groups excluding tert-OH is 1. The summed E-state index contributed by atoms with van der Waals surface area (Å²) in [6, 6.07) is -2.15. The molecular formula is C26H50N4O5. The summed E-state index contributed by atoms with van der Waals surface area (Å²) >= 11 is 0. The van der Waals surface area contributed by atoms with Crippen LogP contribution in [0, 0.1) is 23.7 Å². The summed E-state index contributed by atoms with van der Waals surface area (Å²) in [5, 5.41) is 21.8. The smallest absolute Gasteiger partial charge is 0.243 e. The van der Waals surface area contributed by atoms with E-state index < -0.39 is 30.1 Å². The molecule has 0 spiro atoms. The monoisotopic (exact) mass is 498 g/mol. The third-order valence-electron chi connectivity index (χ3n) is 5.56. The number of rotatable bonds is 16. The summed E-state index contributed by atoms with van der Waals surface area (Å²) < 4.78 is 0. The van der Waals surface area contributed by atoms with E-state index in [4.69, 9.17) is 0 Å². The van der Waals surface area contributed by atoms with Gasteiger partial charge < -0.3 is 26.4 Å². The molecule has 0 bridgehead atoms. The second-order valence-electron chi connectivity index (χ2n) is 11.2. The first-order valence-electron chi connectivity index (χ1n) is 13.0. The molecule has 0 aliphatic carbocycles. The minimum atomic E-state index is -1.14. The highest BCUT2D eigenvalue weighted by Gasteiger charge is 2.30. The topological polar surface area (TPSA) is 137 Å². The molecule has 35 heavy (non-hydrogen) atoms. The van der Waals surface area contributed by atoms with Gasteiger partial charge in [-0.1, -0.05) is 55.4 Å². The van der Waals surface area contributed by atoms with Gasteiger partial charge in [0.2, 0.25) is 23.6 Å². The summed E-state index contributed by atoms with van der Waals surface area (Å²) in [5.41, 5.74) is 0. The van der Waals surface area contributed by atoms with E-state index in [1.165, 1.54) is 0 Å². The molecule has 0 aliphatic rings. The Hall–Kier alpha value is -2.16. The van der Waals surface area contributed by atoms with E-state index >= 15 is 0 Å². The van der Waals surface area contributed by atoms with E-state index in [0.717, 1.165) is 6.42 Å². The Kier molecular flexibility index (Phi) is 15.5. The fraction of sp³-hybridized carbons (Fsp3) is 0.846. The van der Waals surface area contributed by atoms with Gasteiger partial charge in [0.15, 0.2) is 0 Å². The van der Waals surface area contributed by atoms with Crippen molar-refractivity contribution in [2.75, 3.05) is 6.54 Å². The Balaban J connectivity index is 5.09. The van der Waals surface area contributed by atoms with Crippen LogP contribution in [-0.4, -0.2) is 59.5 Å². The number of hydrogen-bond acceptors (Lipinski definition) is 5. The van der Waals surface area contributed by atoms with Crippen molar-refractivity contribution < 1.29 is 24.3 Å². The third-order valence-corrected chi connectivity index (χ3v) is 5.56. The molecule has 5 N–H and O–H groups in total. The average molecular weight is 499 g/mol. The average Bonchev–Trinajstić information content (AvgIpc) is 2.69. The number of nitrogens with one attached hydrogen (secondary N) is 4. The molecule has 0 rings (SSSR count). The van der Waals surface area contributed by atoms with Crippen molar-refractivity contribution in [1.29, 1.82) is 0 Å². The van der Waals surface area contributed by atoms with Crippen molar-refractivity contribution in [2.45, 2.75) is 112 Å². The maximum atomic E-state index is 13.0. The van der Waals surface area contributed by atoms with E-state index in [1.54, 1.807) is 6.92 Å². The second kappa shape index (κ2) is 16.5. The van der Waals surface area contributed by atoms with Gasteiger partial charge in [-0.15, -0.1) is 0 Å². The molecule has 0 aromatic carbocycles. The Morgan fingerprint density at radius 1 is 0.686 bits per heavy atom. The van der Waals surface area contributed by atoms with Crippen molar-refractivity contribution in [2.24, 2.45) is 23.7 Å². The maximum Gasteiger partial charge on any atom is 0.243 e. The van der Waals surface area contributed by atoms with Crippen LogP contribution < -0.4 is 21.3 Å². The van der Waals surface area contributed by atoms with Crippen molar-refractivity contribution in [3.63, 3.8) is 0 Å². The Bertz CT molecular complexity index is 679. The van der Waals surface area contributed by atoms with Crippen LogP contribution in [0.5, 0.6) is 0 Å². The van der Waals surface area contributed by atoms with Crippen molar-refractivity contribution in [3.8, 4) is 0 Å². The number of amides is 4. The quantitative estimate of drug-likeness (QED) is 0.222. The van der Waals surface area contributed by atoms with E-state index in [9.17, 15) is 24.3 Å². The molecule has 9 heteroatoms. The first kappa shape index (κ1) is 32.8. The zero-order valence-corrected chi connectivity index (χ0v) is 23.2. The normalized spacial score (nSPS) is 15.0. The fourth-order valence-corrected chi connectivity index (χ4v) is 3.57. The lowest BCUT2D eigenvalue weighted by Crippen LogP contribution is -2.55. The predicted molar refractivity (Wildman–Crippen MR) is 138 cm³/mol. The van der Waals surface area contributed by atoms with Gasteiger partial charge >= 0.3 is 0 Å². The van der Waals surface area contributed by atoms with Crippen LogP contribution in [0.3, 0.4) is 0 Å². The van der Waals surface area contributed by atoms with Gasteiger partial charge in [0.1, 0.15) is 12.1 Å². The maximum absolute atomic E-state index is 13.0. The number of hydrogen-bond donors (Lipinski definition) is 5. The van der Waals surface area contributed by atoms with E-state index in [0.29, 0.717) is 25.3 Å². The SMILES string of the molecule is CC(C)CCNC(=O)C(C)NC(=O)C[C@H](O)C(CC(C)C)NC(=O)C(NC(=O)CC(C)C)C(C)C. The van der Waals surface area contributed by atoms with E-state index in [1.807, 2.05) is 41.5 Å². The van der Waals surface area contributed by atoms with Gasteiger partial charge in [-0.3, -0.25) is 19.2 Å². The third kappa shape index (κ3) is 14.8. The first-order chi connectivity index (χ1) is 16.1. The van der Waals surface area contributed by atoms with Crippen molar-refractivity contribution in [3.05, 3.63) is 0 Å². The van der Waals surface area contributed by atoms with Crippen LogP contribution in [0.15, 0.2) is 0 Å². The first-order valence-corrected chi connectivity index (χ1v) is 13.0. The van der Waals surface area contributed by atoms with Crippen LogP contribution in [0.2, 0.25) is 0 Å². The molecule has 0 aromatic rings. The largest absolute Gasteiger partial charge is 0.390 e. The molecule has 0 aromatic heterocycles. The van der Waals surface area contributed by atoms with Crippen LogP contribution in [-0.2, 0) is 19.2 Å². The van der Waals surface area contributed by atoms with Gasteiger partial charge in [-0.25, -0.2) is 0 Å². The lowest BCUT2D eigenvalue weighted by Gasteiger charge is -2.29. The highest BCUT2D eigenvalue weighted by Crippen LogP contribution is 2.13. The fourth-order valence-electron chi connectivity index (χ4n) is 3.57. The Labute approximate surface area is 212 Å². The highest BCUT2D eigenvalue weighted by atomic mass is 16.3. The van der Waals surface area contributed by atoms with Gasteiger partial charge in [0, 0.05) is 13.0 Å². The van der Waals surface area contributed by atoms with Crippen LogP contribution in [0.1, 0.15) is 88.0 Å². The predicted octanol–water partition coefficient (Wildman–Crippen LogP) is 2.12. The standard InChI is InChI=1S/C26H50N4O5/c1-15(2)10-11-27-25(34)19(9)28-23(33)14-21(31)20(12-16(3)4)29-26(35)24(18(7)8)30-22(32)13-17(5)6/h15-21,24,31H,10-14H2,1-9H3,(H,27,34)(H,28,33)(H,29,35)(H,30,32)/t19?,20?,21-,24?/m0/s1. The summed E-state index contributed by atoms with van der Waals surface area (Å²) in [4.78, 5) is 49.9. The summed E-state index contributed by atoms with van der Waals surface area (Å²) in [5.74, 6) is -0.718. The molecule has 0 fully saturated rings. The molecule has 0 heterocycles. The minimum Gasteiger partial charge on any atom is -0.390 e. The summed E-state index contributed by atoms with van der Waals surface area (Å²) in [6.45, 7) is 17.7. The van der Waals surface area contributed by atoms with Crippen LogP contribution in [0.4, 0.5) is 0 Å². The second-order valence-corrected chi connectivity index (χ2v) is 11.2. The molecule has 3 unspecified atom stereocenters. The van der Waals surface area contributed by atoms with E-state index in [-0.39, 0.29) is 41.9 Å². The van der Waals surface area contributed by atoms with Gasteiger partial charge in [-0.05, 0) is 43.4 Å². The van der Waals surface area contributed by atoms with Crippen LogP contribution in [0.25, 0.3) is 0 Å². The van der Waals surface area contributed by atoms with E-state index in [2.05, 4.69) is 35.1 Å². The summed E-state index contributed by atoms with van der Waals surface area (Å²) in [7, 11) is 0. The van der Waals surface area contributed by atoms with Gasteiger partial charge in [0.05, 0.1) is 18.6 Å². The molecule has 0 radical (unpaired) electrons. The highest BCUT2D eigenvalue weighted by molar-refractivity contribution is 5.89. The van der Waals surface area contributed by atoms with Crippen molar-refractivity contribution >= 4 is 23.6 Å². The number of carbonyl (C=O) groups excluding carboxylic acids is 4. The van der Waals surface area contributed by atoms with Crippen LogP contribution >= 0.6 is 0 Å². The molecule has 4 amide bonds. The molecule has 0 saturated heterocycles. The molecule has 0 saturated carbocycles. The number of carbonyl (C=O) groups is 4. The lowest BCUT2D eigenvalue weighted by atomic mass is 9.95. The minimum absolute atomic E-state index is 0.150. The molecule has 9 nitrogen and oxygen atoms in total. The number of aliphatic hydroxyl groups is 1. The Morgan fingerprint density at radius 2 is 1.26 bits per heavy atom. The molecule has 0 aliphatic heterocycles. The van der Waals surface area contributed by atoms with Crippen molar-refractivity contribution in [1.82, 2.24) is 21.3 Å². The Morgan fingerprint density at radius 3 is 1.74 bits per heavy atom. The molecular weight excluding hydrogens is 448 g/mol. The van der Waals surface area contributed by atoms with Gasteiger partial charge in [-0.2, -0.15) is 0 Å². The van der Waals surface area contributed by atoms with Gasteiger partial charge in [0.25, 0.3) is 0 Å². The molecule has 4 atom stereocenters.